The number of benzene rings is 2. The van der Waals surface area contributed by atoms with E-state index in [-0.39, 0.29) is 48.2 Å². The van der Waals surface area contributed by atoms with Gasteiger partial charge in [-0.05, 0) is 98.2 Å². The number of pyridine rings is 1. The van der Waals surface area contributed by atoms with E-state index in [2.05, 4.69) is 4.98 Å². The number of amides is 1. The van der Waals surface area contributed by atoms with E-state index < -0.39 is 17.3 Å². The molecule has 1 aliphatic rings. The van der Waals surface area contributed by atoms with Gasteiger partial charge in [-0.3, -0.25) is 9.78 Å². The first-order chi connectivity index (χ1) is 24.2. The summed E-state index contributed by atoms with van der Waals surface area (Å²) in [6.45, 7) is 1.39. The molecule has 3 aromatic rings. The van der Waals surface area contributed by atoms with Gasteiger partial charge in [0.15, 0.2) is 11.5 Å². The Kier molecular flexibility index (Phi) is 14.7. The lowest BCUT2D eigenvalue weighted by atomic mass is 9.90. The third-order valence-corrected chi connectivity index (χ3v) is 9.43. The molecule has 0 spiro atoms. The Balaban J connectivity index is 1.29. The van der Waals surface area contributed by atoms with Crippen molar-refractivity contribution in [3.8, 4) is 23.0 Å². The van der Waals surface area contributed by atoms with Crippen molar-refractivity contribution in [3.63, 3.8) is 0 Å². The minimum Gasteiger partial charge on any atom is -0.497 e. The molecule has 9 nitrogen and oxygen atoms in total. The van der Waals surface area contributed by atoms with Crippen LogP contribution in [0.4, 0.5) is 13.6 Å². The van der Waals surface area contributed by atoms with E-state index in [9.17, 15) is 9.59 Å². The number of alkyl halides is 2. The number of rotatable bonds is 18. The molecule has 50 heavy (non-hydrogen) atoms. The molecule has 1 aliphatic carbocycles. The molecular weight excluding hydrogens is 646 g/mol. The van der Waals surface area contributed by atoms with Crippen molar-refractivity contribution in [1.82, 2.24) is 9.88 Å². The van der Waals surface area contributed by atoms with Crippen LogP contribution >= 0.6 is 0 Å². The molecule has 1 saturated carbocycles. The zero-order valence-electron chi connectivity index (χ0n) is 29.6. The Hall–Kier alpha value is -4.41. The van der Waals surface area contributed by atoms with Crippen LogP contribution in [-0.2, 0) is 28.3 Å². The topological polar surface area (TPSA) is 96.4 Å². The Morgan fingerprint density at radius 3 is 2.06 bits per heavy atom. The zero-order chi connectivity index (χ0) is 35.9. The highest BCUT2D eigenvalue weighted by Gasteiger charge is 2.42. The largest absolute Gasteiger partial charge is 0.497 e. The molecule has 2 aromatic carbocycles. The van der Waals surface area contributed by atoms with Gasteiger partial charge in [-0.25, -0.2) is 4.79 Å². The average Bonchev–Trinajstić information content (AvgIpc) is 3.37. The third kappa shape index (κ3) is 10.8. The molecule has 1 amide bonds. The molecule has 1 fully saturated rings. The smallest absolute Gasteiger partial charge is 0.409 e. The van der Waals surface area contributed by atoms with Gasteiger partial charge in [0, 0.05) is 37.5 Å². The monoisotopic (exact) mass is 696 g/mol. The lowest BCUT2D eigenvalue weighted by Crippen LogP contribution is -2.35. The number of ketones is 1. The third-order valence-electron chi connectivity index (χ3n) is 9.43. The highest BCUT2D eigenvalue weighted by molar-refractivity contribution is 5.87. The van der Waals surface area contributed by atoms with E-state index in [0.29, 0.717) is 32.4 Å². The summed E-state index contributed by atoms with van der Waals surface area (Å²) in [5.41, 5.74) is 1.79. The summed E-state index contributed by atoms with van der Waals surface area (Å²) in [6, 6.07) is 14.1. The number of carbonyl (C=O) groups is 2. The quantitative estimate of drug-likeness (QED) is 0.123. The second-order valence-electron chi connectivity index (χ2n) is 12.8. The van der Waals surface area contributed by atoms with Crippen molar-refractivity contribution in [2.75, 3.05) is 48.1 Å². The molecule has 0 aliphatic heterocycles. The van der Waals surface area contributed by atoms with Crippen molar-refractivity contribution >= 4 is 11.9 Å². The predicted octanol–water partition coefficient (Wildman–Crippen LogP) is 8.07. The van der Waals surface area contributed by atoms with Gasteiger partial charge < -0.3 is 28.6 Å². The van der Waals surface area contributed by atoms with E-state index in [1.165, 1.54) is 26.9 Å². The van der Waals surface area contributed by atoms with Gasteiger partial charge in [0.2, 0.25) is 11.5 Å². The maximum Gasteiger partial charge on any atom is 0.409 e. The molecule has 1 heterocycles. The minimum atomic E-state index is -3.72. The van der Waals surface area contributed by atoms with Gasteiger partial charge in [0.05, 0.1) is 35.0 Å². The molecule has 0 radical (unpaired) electrons. The summed E-state index contributed by atoms with van der Waals surface area (Å²) in [5, 5.41) is 0. The molecule has 0 saturated heterocycles. The number of nitrogens with zero attached hydrogens (tertiary/aromatic N) is 2. The fourth-order valence-corrected chi connectivity index (χ4v) is 6.50. The minimum absolute atomic E-state index is 0.0606. The van der Waals surface area contributed by atoms with Crippen molar-refractivity contribution in [3.05, 3.63) is 77.6 Å². The van der Waals surface area contributed by atoms with E-state index in [4.69, 9.17) is 23.7 Å². The number of methoxy groups -OCH3 is 4. The second kappa shape index (κ2) is 19.1. The number of carbonyl (C=O) groups excluding carboxylic acids is 2. The number of hydrogen-bond acceptors (Lipinski definition) is 8. The first kappa shape index (κ1) is 38.4. The van der Waals surface area contributed by atoms with Gasteiger partial charge in [-0.15, -0.1) is 0 Å². The summed E-state index contributed by atoms with van der Waals surface area (Å²) in [4.78, 5) is 32.3. The molecule has 1 aromatic heterocycles. The lowest BCUT2D eigenvalue weighted by molar-refractivity contribution is -0.145. The number of hydrogen-bond donors (Lipinski definition) is 0. The number of ether oxygens (including phenoxy) is 5. The molecule has 0 N–H and O–H groups in total. The van der Waals surface area contributed by atoms with Crippen LogP contribution in [0.15, 0.2) is 60.9 Å². The van der Waals surface area contributed by atoms with E-state index in [1.54, 1.807) is 18.2 Å². The van der Waals surface area contributed by atoms with Crippen LogP contribution in [0.25, 0.3) is 0 Å². The van der Waals surface area contributed by atoms with Crippen LogP contribution in [0.3, 0.4) is 0 Å². The van der Waals surface area contributed by atoms with Crippen molar-refractivity contribution in [2.24, 2.45) is 11.8 Å². The van der Waals surface area contributed by atoms with Crippen LogP contribution in [-0.4, -0.2) is 69.9 Å². The summed E-state index contributed by atoms with van der Waals surface area (Å²) in [7, 11) is 5.70. The van der Waals surface area contributed by atoms with Crippen LogP contribution in [0.2, 0.25) is 0 Å². The lowest BCUT2D eigenvalue weighted by Gasteiger charge is -2.24. The predicted molar refractivity (Wildman–Crippen MR) is 186 cm³/mol. The normalized spacial score (nSPS) is 16.2. The van der Waals surface area contributed by atoms with Gasteiger partial charge >= 0.3 is 12.0 Å². The first-order valence-electron chi connectivity index (χ1n) is 17.3. The molecule has 1 unspecified atom stereocenters. The average molecular weight is 697 g/mol. The van der Waals surface area contributed by atoms with Crippen LogP contribution in [0.5, 0.6) is 23.0 Å². The van der Waals surface area contributed by atoms with Gasteiger partial charge in [0.1, 0.15) is 5.75 Å². The number of halogens is 2. The fraction of sp³-hybridized carbons (Fsp3) is 0.513. The van der Waals surface area contributed by atoms with E-state index >= 15 is 8.78 Å². The summed E-state index contributed by atoms with van der Waals surface area (Å²) in [5.74, 6) is -3.83. The van der Waals surface area contributed by atoms with Crippen molar-refractivity contribution in [2.45, 2.75) is 70.1 Å². The number of Topliss-reactive ketones (excluding diaryl/α,β-unsaturated/α-hetero) is 1. The number of aromatic nitrogens is 1. The standard InChI is InChI=1S/C39H50F2N2O7/c1-46-33-18-16-28(17-19-33)12-7-21-43(22-8-13-30-11-6-20-42-26-30)38(45)50-27-31-10-5-9-29(14-15-31)23-36(44)39(40,41)32-24-34(47-2)37(49-4)35(25-32)48-3/h6,11,16-20,24-26,29,31H,5,7-10,12-15,21-23,27H2,1-4H3/t29?,31-/m1/s1. The first-order valence-corrected chi connectivity index (χ1v) is 17.3. The van der Waals surface area contributed by atoms with Crippen LogP contribution in [0.1, 0.15) is 68.1 Å². The SMILES string of the molecule is COc1ccc(CCCN(CCCc2cccnc2)C(=O)OC[C@@H]2CCCC(CC(=O)C(F)(F)c3cc(OC)c(OC)c(OC)c3)CC2)cc1. The summed E-state index contributed by atoms with van der Waals surface area (Å²) in [6.07, 6.45) is 9.73. The highest BCUT2D eigenvalue weighted by Crippen LogP contribution is 2.44. The molecule has 272 valence electrons. The summed E-state index contributed by atoms with van der Waals surface area (Å²) >= 11 is 0. The van der Waals surface area contributed by atoms with Gasteiger partial charge in [0.25, 0.3) is 0 Å². The van der Waals surface area contributed by atoms with Crippen molar-refractivity contribution < 1.29 is 42.1 Å². The molecule has 2 atom stereocenters. The van der Waals surface area contributed by atoms with E-state index in [0.717, 1.165) is 62.0 Å². The van der Waals surface area contributed by atoms with Crippen LogP contribution in [0, 0.1) is 11.8 Å². The zero-order valence-corrected chi connectivity index (χ0v) is 29.6. The second-order valence-corrected chi connectivity index (χ2v) is 12.8. The Labute approximate surface area is 294 Å². The Bertz CT molecular complexity index is 1480. The van der Waals surface area contributed by atoms with Crippen molar-refractivity contribution in [1.29, 1.82) is 0 Å². The highest BCUT2D eigenvalue weighted by atomic mass is 19.3. The maximum absolute atomic E-state index is 15.5. The molecule has 11 heteroatoms. The summed E-state index contributed by atoms with van der Waals surface area (Å²) < 4.78 is 57.7. The number of aryl methyl sites for hydroxylation is 2. The van der Waals surface area contributed by atoms with Gasteiger partial charge in [-0.2, -0.15) is 8.78 Å². The molecular formula is C39H50F2N2O7. The fourth-order valence-electron chi connectivity index (χ4n) is 6.50. The Morgan fingerprint density at radius 2 is 1.46 bits per heavy atom. The van der Waals surface area contributed by atoms with Crippen LogP contribution < -0.4 is 18.9 Å². The van der Waals surface area contributed by atoms with Gasteiger partial charge in [-0.1, -0.05) is 31.0 Å². The van der Waals surface area contributed by atoms with E-state index in [1.807, 2.05) is 42.6 Å². The Morgan fingerprint density at radius 1 is 0.820 bits per heavy atom. The molecule has 0 bridgehead atoms. The maximum atomic E-state index is 15.5. The molecule has 4 rings (SSSR count).